The number of nitrogens with zero attached hydrogens (tertiary/aromatic N) is 2. The summed E-state index contributed by atoms with van der Waals surface area (Å²) in [4.78, 5) is 31.2. The first-order valence-corrected chi connectivity index (χ1v) is 9.41. The van der Waals surface area contributed by atoms with E-state index in [1.807, 2.05) is 0 Å². The van der Waals surface area contributed by atoms with E-state index in [2.05, 4.69) is 4.98 Å². The molecule has 3 aliphatic rings. The van der Waals surface area contributed by atoms with E-state index >= 15 is 0 Å². The third-order valence-electron chi connectivity index (χ3n) is 6.22. The van der Waals surface area contributed by atoms with Gasteiger partial charge < -0.3 is 9.64 Å². The molecule has 1 spiro atoms. The van der Waals surface area contributed by atoms with E-state index in [0.717, 1.165) is 12.1 Å². The van der Waals surface area contributed by atoms with Gasteiger partial charge >= 0.3 is 12.1 Å². The van der Waals surface area contributed by atoms with Gasteiger partial charge in [-0.1, -0.05) is 18.2 Å². The number of hydrogen-bond donors (Lipinski definition) is 0. The molecule has 1 saturated heterocycles. The van der Waals surface area contributed by atoms with Gasteiger partial charge in [0.15, 0.2) is 11.3 Å². The van der Waals surface area contributed by atoms with Gasteiger partial charge in [0.2, 0.25) is 5.91 Å². The van der Waals surface area contributed by atoms with Gasteiger partial charge in [0.25, 0.3) is 0 Å². The Balaban J connectivity index is 1.39. The van der Waals surface area contributed by atoms with Crippen LogP contribution in [0.5, 0.6) is 0 Å². The number of aromatic nitrogens is 1. The van der Waals surface area contributed by atoms with Crippen molar-refractivity contribution < 1.29 is 27.5 Å². The summed E-state index contributed by atoms with van der Waals surface area (Å²) in [5, 5.41) is 0. The molecule has 2 aliphatic heterocycles. The number of ether oxygens (including phenoxy) is 1. The smallest absolute Gasteiger partial charge is 0.416 e. The summed E-state index contributed by atoms with van der Waals surface area (Å²) < 4.78 is 44.1. The third-order valence-corrected chi connectivity index (χ3v) is 6.22. The van der Waals surface area contributed by atoms with Crippen molar-refractivity contribution in [1.29, 1.82) is 0 Å². The van der Waals surface area contributed by atoms with Gasteiger partial charge in [0, 0.05) is 24.7 Å². The molecule has 1 aromatic carbocycles. The molecule has 1 aliphatic carbocycles. The highest BCUT2D eigenvalue weighted by molar-refractivity contribution is 5.94. The molecular weight excluding hydrogens is 385 g/mol. The quantitative estimate of drug-likeness (QED) is 0.723. The number of carbonyl (C=O) groups is 2. The van der Waals surface area contributed by atoms with E-state index in [9.17, 15) is 22.8 Å². The number of rotatable bonds is 2. The number of fused-ring (bicyclic) bond motifs is 2. The van der Waals surface area contributed by atoms with E-state index in [1.165, 1.54) is 18.3 Å². The molecule has 2 aromatic rings. The summed E-state index contributed by atoms with van der Waals surface area (Å²) in [5.41, 5.74) is -0.818. The van der Waals surface area contributed by atoms with Gasteiger partial charge in [-0.05, 0) is 36.6 Å². The fraction of sp³-hybridized carbons (Fsp3) is 0.381. The number of alkyl halides is 3. The Bertz CT molecular complexity index is 1010. The van der Waals surface area contributed by atoms with Crippen LogP contribution in [0.3, 0.4) is 0 Å². The molecule has 0 bridgehead atoms. The zero-order chi connectivity index (χ0) is 20.4. The molecule has 1 aromatic heterocycles. The summed E-state index contributed by atoms with van der Waals surface area (Å²) in [5.74, 6) is -0.610. The standard InChI is InChI=1S/C21H17F3N2O3/c22-21(23,24)14-5-3-13(4-6-14)19(7-8-19)18(28)26-11-9-20(12-26)15-2-1-10-25-16(15)17(27)29-20/h1-6,10H,7-9,11-12H2. The van der Waals surface area contributed by atoms with Gasteiger partial charge in [-0.15, -0.1) is 0 Å². The first-order valence-electron chi connectivity index (χ1n) is 9.41. The van der Waals surface area contributed by atoms with Gasteiger partial charge in [-0.2, -0.15) is 13.2 Å². The van der Waals surface area contributed by atoms with Crippen LogP contribution < -0.4 is 0 Å². The van der Waals surface area contributed by atoms with Gasteiger partial charge in [-0.3, -0.25) is 4.79 Å². The second-order valence-corrected chi connectivity index (χ2v) is 7.92. The van der Waals surface area contributed by atoms with Crippen molar-refractivity contribution in [2.24, 2.45) is 0 Å². The first kappa shape index (κ1) is 18.1. The molecule has 1 saturated carbocycles. The number of pyridine rings is 1. The minimum atomic E-state index is -4.41. The Morgan fingerprint density at radius 2 is 1.83 bits per heavy atom. The molecule has 8 heteroatoms. The maximum absolute atomic E-state index is 13.3. The average Bonchev–Trinajstić information content (AvgIpc) is 3.34. The van der Waals surface area contributed by atoms with Crippen molar-refractivity contribution in [1.82, 2.24) is 9.88 Å². The lowest BCUT2D eigenvalue weighted by molar-refractivity contribution is -0.137. The molecule has 5 nitrogen and oxygen atoms in total. The van der Waals surface area contributed by atoms with Gasteiger partial charge in [0.05, 0.1) is 17.5 Å². The lowest BCUT2D eigenvalue weighted by Gasteiger charge is -2.26. The van der Waals surface area contributed by atoms with Crippen molar-refractivity contribution >= 4 is 11.9 Å². The van der Waals surface area contributed by atoms with E-state index < -0.39 is 28.7 Å². The Labute approximate surface area is 164 Å². The lowest BCUT2D eigenvalue weighted by Crippen LogP contribution is -2.40. The molecular formula is C21H17F3N2O3. The number of likely N-dealkylation sites (tertiary alicyclic amines) is 1. The molecule has 1 unspecified atom stereocenters. The lowest BCUT2D eigenvalue weighted by atomic mass is 9.92. The predicted molar refractivity (Wildman–Crippen MR) is 94.9 cm³/mol. The van der Waals surface area contributed by atoms with Gasteiger partial charge in [0.1, 0.15) is 0 Å². The molecule has 0 radical (unpaired) electrons. The highest BCUT2D eigenvalue weighted by Crippen LogP contribution is 2.52. The predicted octanol–water partition coefficient (Wildman–Crippen LogP) is 3.43. The summed E-state index contributed by atoms with van der Waals surface area (Å²) in [6, 6.07) is 8.37. The largest absolute Gasteiger partial charge is 0.447 e. The zero-order valence-electron chi connectivity index (χ0n) is 15.3. The van der Waals surface area contributed by atoms with E-state index in [-0.39, 0.29) is 18.1 Å². The fourth-order valence-corrected chi connectivity index (χ4v) is 4.51. The average molecular weight is 402 g/mol. The number of esters is 1. The fourth-order valence-electron chi connectivity index (χ4n) is 4.51. The van der Waals surface area contributed by atoms with E-state index in [0.29, 0.717) is 36.9 Å². The van der Waals surface area contributed by atoms with Crippen LogP contribution in [-0.4, -0.2) is 34.8 Å². The second-order valence-electron chi connectivity index (χ2n) is 7.92. The van der Waals surface area contributed by atoms with Crippen LogP contribution in [0.2, 0.25) is 0 Å². The van der Waals surface area contributed by atoms with Crippen molar-refractivity contribution in [3.63, 3.8) is 0 Å². The monoisotopic (exact) mass is 402 g/mol. The number of hydrogen-bond acceptors (Lipinski definition) is 4. The summed E-state index contributed by atoms with van der Waals surface area (Å²) in [6.07, 6.45) is -1.21. The number of halogens is 3. The van der Waals surface area contributed by atoms with Crippen LogP contribution in [0, 0.1) is 0 Å². The Morgan fingerprint density at radius 3 is 2.48 bits per heavy atom. The Morgan fingerprint density at radius 1 is 1.10 bits per heavy atom. The minimum absolute atomic E-state index is 0.123. The highest BCUT2D eigenvalue weighted by Gasteiger charge is 2.58. The summed E-state index contributed by atoms with van der Waals surface area (Å²) in [6.45, 7) is 0.654. The molecule has 3 heterocycles. The first-order chi connectivity index (χ1) is 13.8. The van der Waals surface area contributed by atoms with Crippen LogP contribution in [0.15, 0.2) is 42.6 Å². The summed E-state index contributed by atoms with van der Waals surface area (Å²) >= 11 is 0. The Hall–Kier alpha value is -2.90. The molecule has 0 N–H and O–H groups in total. The van der Waals surface area contributed by atoms with Crippen LogP contribution in [0.1, 0.15) is 46.4 Å². The van der Waals surface area contributed by atoms with Crippen LogP contribution in [-0.2, 0) is 26.7 Å². The van der Waals surface area contributed by atoms with Crippen molar-refractivity contribution in [3.8, 4) is 0 Å². The number of benzene rings is 1. The zero-order valence-corrected chi connectivity index (χ0v) is 15.3. The topological polar surface area (TPSA) is 59.5 Å². The van der Waals surface area contributed by atoms with Crippen LogP contribution in [0.25, 0.3) is 0 Å². The van der Waals surface area contributed by atoms with Gasteiger partial charge in [-0.25, -0.2) is 9.78 Å². The second kappa shape index (κ2) is 5.81. The maximum Gasteiger partial charge on any atom is 0.416 e. The molecule has 5 rings (SSSR count). The van der Waals surface area contributed by atoms with E-state index in [4.69, 9.17) is 4.74 Å². The molecule has 1 atom stereocenters. The minimum Gasteiger partial charge on any atom is -0.447 e. The maximum atomic E-state index is 13.3. The molecule has 2 fully saturated rings. The van der Waals surface area contributed by atoms with E-state index in [1.54, 1.807) is 17.0 Å². The molecule has 1 amide bonds. The Kier molecular flexibility index (Phi) is 3.63. The SMILES string of the molecule is O=C1OC2(CCN(C(=O)C3(c4ccc(C(F)(F)F)cc4)CC3)C2)c2cccnc21. The number of amides is 1. The van der Waals surface area contributed by atoms with Crippen molar-refractivity contribution in [3.05, 3.63) is 65.0 Å². The normalized spacial score (nSPS) is 24.5. The third kappa shape index (κ3) is 2.65. The summed E-state index contributed by atoms with van der Waals surface area (Å²) in [7, 11) is 0. The molecule has 29 heavy (non-hydrogen) atoms. The highest BCUT2D eigenvalue weighted by atomic mass is 19.4. The van der Waals surface area contributed by atoms with Crippen LogP contribution in [0.4, 0.5) is 13.2 Å². The van der Waals surface area contributed by atoms with Crippen LogP contribution >= 0.6 is 0 Å². The number of carbonyl (C=O) groups excluding carboxylic acids is 2. The van der Waals surface area contributed by atoms with Crippen molar-refractivity contribution in [2.75, 3.05) is 13.1 Å². The molecule has 150 valence electrons. The van der Waals surface area contributed by atoms with Crippen molar-refractivity contribution in [2.45, 2.75) is 36.5 Å².